The van der Waals surface area contributed by atoms with Gasteiger partial charge in [0, 0.05) is 6.54 Å². The first-order valence-corrected chi connectivity index (χ1v) is 10.1. The van der Waals surface area contributed by atoms with Crippen LogP contribution >= 0.6 is 0 Å². The van der Waals surface area contributed by atoms with E-state index in [1.54, 1.807) is 0 Å². The fourth-order valence-electron chi connectivity index (χ4n) is 3.05. The van der Waals surface area contributed by atoms with Crippen LogP contribution in [0.4, 0.5) is 0 Å². The van der Waals surface area contributed by atoms with Crippen LogP contribution < -0.4 is 14.8 Å². The fraction of sp³-hybridized carbons (Fsp3) is 0.240. The normalized spacial score (nSPS) is 10.5. The molecule has 0 bridgehead atoms. The van der Waals surface area contributed by atoms with Crippen molar-refractivity contribution in [3.63, 3.8) is 0 Å². The lowest BCUT2D eigenvalue weighted by molar-refractivity contribution is -0.135. The van der Waals surface area contributed by atoms with Crippen molar-refractivity contribution >= 4 is 5.97 Å². The monoisotopic (exact) mass is 405 g/mol. The topological polar surface area (TPSA) is 67.8 Å². The van der Waals surface area contributed by atoms with Crippen molar-refractivity contribution in [3.8, 4) is 11.5 Å². The van der Waals surface area contributed by atoms with Crippen LogP contribution in [-0.2, 0) is 24.4 Å². The summed E-state index contributed by atoms with van der Waals surface area (Å²) in [7, 11) is 0. The van der Waals surface area contributed by atoms with Crippen molar-refractivity contribution in [2.45, 2.75) is 26.0 Å². The van der Waals surface area contributed by atoms with Gasteiger partial charge in [0.1, 0.15) is 6.61 Å². The van der Waals surface area contributed by atoms with Crippen molar-refractivity contribution in [1.29, 1.82) is 0 Å². The van der Waals surface area contributed by atoms with Crippen molar-refractivity contribution in [2.75, 3.05) is 13.2 Å². The molecule has 3 aromatic rings. The summed E-state index contributed by atoms with van der Waals surface area (Å²) in [6.45, 7) is 1.39. The zero-order valence-corrected chi connectivity index (χ0v) is 16.9. The number of nitrogens with one attached hydrogen (secondary N) is 1. The van der Waals surface area contributed by atoms with Gasteiger partial charge in [-0.05, 0) is 41.7 Å². The Labute approximate surface area is 177 Å². The van der Waals surface area contributed by atoms with Crippen LogP contribution in [0, 0.1) is 0 Å². The molecule has 0 unspecified atom stereocenters. The molecule has 0 radical (unpaired) electrons. The molecule has 0 spiro atoms. The van der Waals surface area contributed by atoms with Crippen LogP contribution in [0.1, 0.15) is 23.1 Å². The van der Waals surface area contributed by atoms with Crippen molar-refractivity contribution in [2.24, 2.45) is 0 Å². The molecule has 3 aromatic carbocycles. The van der Waals surface area contributed by atoms with Gasteiger partial charge in [0.05, 0.1) is 13.2 Å². The number of hydrogen-bond acceptors (Lipinski definition) is 4. The predicted molar refractivity (Wildman–Crippen MR) is 117 cm³/mol. The summed E-state index contributed by atoms with van der Waals surface area (Å²) in [5.41, 5.74) is 3.31. The van der Waals surface area contributed by atoms with Crippen molar-refractivity contribution < 1.29 is 19.4 Å². The van der Waals surface area contributed by atoms with Gasteiger partial charge in [0.2, 0.25) is 0 Å². The number of ether oxygens (including phenoxy) is 2. The number of carboxylic acid groups (broad SMARTS) is 1. The maximum absolute atomic E-state index is 10.7. The van der Waals surface area contributed by atoms with E-state index < -0.39 is 5.97 Å². The van der Waals surface area contributed by atoms with E-state index in [2.05, 4.69) is 17.4 Å². The predicted octanol–water partition coefficient (Wildman–Crippen LogP) is 4.45. The lowest BCUT2D eigenvalue weighted by Crippen LogP contribution is -2.21. The van der Waals surface area contributed by atoms with Crippen LogP contribution in [0.15, 0.2) is 78.9 Å². The van der Waals surface area contributed by atoms with Crippen LogP contribution in [0.3, 0.4) is 0 Å². The molecule has 0 fully saturated rings. The van der Waals surface area contributed by atoms with Crippen LogP contribution in [0.5, 0.6) is 11.5 Å². The smallest absolute Gasteiger partial charge is 0.317 e. The van der Waals surface area contributed by atoms with Gasteiger partial charge in [-0.25, -0.2) is 0 Å². The Hall–Kier alpha value is -3.31. The second-order valence-electron chi connectivity index (χ2n) is 6.99. The number of carbonyl (C=O) groups is 1. The maximum Gasteiger partial charge on any atom is 0.317 e. The van der Waals surface area contributed by atoms with Gasteiger partial charge >= 0.3 is 5.97 Å². The maximum atomic E-state index is 10.7. The summed E-state index contributed by atoms with van der Waals surface area (Å²) < 4.78 is 12.0. The molecular weight excluding hydrogens is 378 g/mol. The van der Waals surface area contributed by atoms with E-state index in [9.17, 15) is 4.79 Å². The number of rotatable bonds is 12. The Morgan fingerprint density at radius 2 is 1.50 bits per heavy atom. The number of benzene rings is 3. The second kappa shape index (κ2) is 11.6. The molecule has 3 rings (SSSR count). The highest BCUT2D eigenvalue weighted by molar-refractivity contribution is 5.69. The zero-order chi connectivity index (χ0) is 21.0. The van der Waals surface area contributed by atoms with E-state index in [1.807, 2.05) is 66.7 Å². The van der Waals surface area contributed by atoms with E-state index in [-0.39, 0.29) is 6.54 Å². The Morgan fingerprint density at radius 3 is 2.20 bits per heavy atom. The summed E-state index contributed by atoms with van der Waals surface area (Å²) >= 11 is 0. The minimum absolute atomic E-state index is 0.0838. The van der Waals surface area contributed by atoms with E-state index in [0.29, 0.717) is 31.3 Å². The minimum atomic E-state index is -0.879. The highest BCUT2D eigenvalue weighted by Gasteiger charge is 2.08. The van der Waals surface area contributed by atoms with Gasteiger partial charge in [0.15, 0.2) is 11.5 Å². The average Bonchev–Trinajstić information content (AvgIpc) is 2.77. The lowest BCUT2D eigenvalue weighted by Gasteiger charge is -2.15. The molecular formula is C25H27NO4. The third-order valence-corrected chi connectivity index (χ3v) is 4.56. The van der Waals surface area contributed by atoms with Crippen LogP contribution in [-0.4, -0.2) is 24.2 Å². The zero-order valence-electron chi connectivity index (χ0n) is 16.9. The van der Waals surface area contributed by atoms with Gasteiger partial charge in [-0.3, -0.25) is 4.79 Å². The first-order chi connectivity index (χ1) is 14.7. The molecule has 0 saturated carbocycles. The first kappa shape index (κ1) is 21.4. The third kappa shape index (κ3) is 7.26. The molecule has 2 N–H and O–H groups in total. The average molecular weight is 405 g/mol. The molecule has 0 heterocycles. The number of aryl methyl sites for hydroxylation is 1. The Balaban J connectivity index is 1.61. The highest BCUT2D eigenvalue weighted by Crippen LogP contribution is 2.29. The molecule has 0 aliphatic heterocycles. The van der Waals surface area contributed by atoms with Gasteiger partial charge < -0.3 is 19.9 Å². The molecule has 0 aliphatic carbocycles. The van der Waals surface area contributed by atoms with Crippen LogP contribution in [0.2, 0.25) is 0 Å². The van der Waals surface area contributed by atoms with E-state index in [0.717, 1.165) is 24.0 Å². The minimum Gasteiger partial charge on any atom is -0.490 e. The summed E-state index contributed by atoms with van der Waals surface area (Å²) in [6, 6.07) is 26.0. The van der Waals surface area contributed by atoms with Gasteiger partial charge in [-0.1, -0.05) is 66.7 Å². The molecule has 0 aromatic heterocycles. The van der Waals surface area contributed by atoms with Gasteiger partial charge in [-0.2, -0.15) is 0 Å². The fourth-order valence-corrected chi connectivity index (χ4v) is 3.05. The summed E-state index contributed by atoms with van der Waals surface area (Å²) in [5.74, 6) is 0.476. The summed E-state index contributed by atoms with van der Waals surface area (Å²) in [4.78, 5) is 10.7. The van der Waals surface area contributed by atoms with Crippen molar-refractivity contribution in [1.82, 2.24) is 5.32 Å². The summed E-state index contributed by atoms with van der Waals surface area (Å²) in [6.07, 6.45) is 1.84. The molecule has 5 heteroatoms. The standard InChI is InChI=1S/C25H27NO4/c27-25(28)18-26-17-22-13-14-23(30-19-21-10-5-2-6-11-21)24(16-22)29-15-7-12-20-8-3-1-4-9-20/h1-6,8-11,13-14,16,26H,7,12,15,17-19H2,(H,27,28). The molecule has 156 valence electrons. The van der Waals surface area contributed by atoms with Gasteiger partial charge in [-0.15, -0.1) is 0 Å². The number of aliphatic carboxylic acids is 1. The van der Waals surface area contributed by atoms with Crippen molar-refractivity contribution in [3.05, 3.63) is 95.6 Å². The quantitative estimate of drug-likeness (QED) is 0.436. The summed E-state index contributed by atoms with van der Waals surface area (Å²) in [5, 5.41) is 11.7. The number of carboxylic acids is 1. The molecule has 0 aliphatic rings. The Morgan fingerprint density at radius 1 is 0.800 bits per heavy atom. The van der Waals surface area contributed by atoms with Gasteiger partial charge in [0.25, 0.3) is 0 Å². The van der Waals surface area contributed by atoms with E-state index in [4.69, 9.17) is 14.6 Å². The Bertz CT molecular complexity index is 913. The molecule has 5 nitrogen and oxygen atoms in total. The van der Waals surface area contributed by atoms with Crippen LogP contribution in [0.25, 0.3) is 0 Å². The number of hydrogen-bond donors (Lipinski definition) is 2. The molecule has 0 amide bonds. The van der Waals surface area contributed by atoms with E-state index in [1.165, 1.54) is 5.56 Å². The highest BCUT2D eigenvalue weighted by atomic mass is 16.5. The third-order valence-electron chi connectivity index (χ3n) is 4.56. The molecule has 0 atom stereocenters. The first-order valence-electron chi connectivity index (χ1n) is 10.1. The largest absolute Gasteiger partial charge is 0.490 e. The molecule has 0 saturated heterocycles. The lowest BCUT2D eigenvalue weighted by atomic mass is 10.1. The Kier molecular flexibility index (Phi) is 8.30. The second-order valence-corrected chi connectivity index (χ2v) is 6.99. The molecule has 30 heavy (non-hydrogen) atoms. The SMILES string of the molecule is O=C(O)CNCc1ccc(OCc2ccccc2)c(OCCCc2ccccc2)c1. The van der Waals surface area contributed by atoms with E-state index >= 15 is 0 Å².